The summed E-state index contributed by atoms with van der Waals surface area (Å²) in [5.74, 6) is 1.27. The molecule has 1 aromatic carbocycles. The number of aliphatic hydroxyl groups is 1. The molecule has 1 heterocycles. The summed E-state index contributed by atoms with van der Waals surface area (Å²) >= 11 is 0. The van der Waals surface area contributed by atoms with Crippen molar-refractivity contribution in [3.63, 3.8) is 0 Å². The Morgan fingerprint density at radius 2 is 2.00 bits per heavy atom. The summed E-state index contributed by atoms with van der Waals surface area (Å²) in [7, 11) is 2.00. The molecule has 2 N–H and O–H groups in total. The van der Waals surface area contributed by atoms with Crippen molar-refractivity contribution < 1.29 is 9.52 Å². The predicted octanol–water partition coefficient (Wildman–Crippen LogP) is 3.51. The molecular formula is C19H28IN3O2. The number of guanidine groups is 1. The van der Waals surface area contributed by atoms with Gasteiger partial charge in [-0.15, -0.1) is 24.0 Å². The minimum atomic E-state index is -1.13. The van der Waals surface area contributed by atoms with Crippen LogP contribution in [0.25, 0.3) is 0 Å². The number of benzene rings is 1. The molecule has 2 aromatic rings. The van der Waals surface area contributed by atoms with Gasteiger partial charge in [-0.05, 0) is 44.0 Å². The van der Waals surface area contributed by atoms with E-state index in [0.717, 1.165) is 19.0 Å². The molecule has 5 nitrogen and oxygen atoms in total. The van der Waals surface area contributed by atoms with E-state index in [-0.39, 0.29) is 30.5 Å². The van der Waals surface area contributed by atoms with Crippen molar-refractivity contribution in [1.82, 2.24) is 10.2 Å². The maximum absolute atomic E-state index is 10.6. The molecule has 0 fully saturated rings. The number of furan rings is 1. The first-order valence-corrected chi connectivity index (χ1v) is 8.24. The van der Waals surface area contributed by atoms with E-state index in [1.54, 1.807) is 25.3 Å². The van der Waals surface area contributed by atoms with Crippen LogP contribution in [0.4, 0.5) is 0 Å². The second-order valence-corrected chi connectivity index (χ2v) is 6.20. The average molecular weight is 457 g/mol. The van der Waals surface area contributed by atoms with Gasteiger partial charge in [-0.3, -0.25) is 0 Å². The van der Waals surface area contributed by atoms with Crippen molar-refractivity contribution in [3.8, 4) is 0 Å². The van der Waals surface area contributed by atoms with E-state index in [0.29, 0.717) is 5.76 Å². The van der Waals surface area contributed by atoms with Crippen LogP contribution in [0, 0.1) is 6.92 Å². The fourth-order valence-corrected chi connectivity index (χ4v) is 2.48. The molecule has 0 aliphatic heterocycles. The first-order chi connectivity index (χ1) is 11.4. The zero-order chi connectivity index (χ0) is 17.6. The minimum Gasteiger partial charge on any atom is -0.466 e. The van der Waals surface area contributed by atoms with Crippen LogP contribution in [0.2, 0.25) is 0 Å². The van der Waals surface area contributed by atoms with Crippen LogP contribution in [-0.4, -0.2) is 36.1 Å². The molecule has 1 unspecified atom stereocenters. The summed E-state index contributed by atoms with van der Waals surface area (Å²) in [6, 6.07) is 11.8. The van der Waals surface area contributed by atoms with Crippen LogP contribution in [0.15, 0.2) is 52.1 Å². The number of nitrogens with one attached hydrogen (secondary N) is 1. The molecule has 25 heavy (non-hydrogen) atoms. The Labute approximate surface area is 167 Å². The lowest BCUT2D eigenvalue weighted by Crippen LogP contribution is -2.40. The molecule has 2 rings (SSSR count). The molecule has 0 bridgehead atoms. The number of aryl methyl sites for hydroxylation is 1. The van der Waals surface area contributed by atoms with Gasteiger partial charge in [0.2, 0.25) is 0 Å². The van der Waals surface area contributed by atoms with Gasteiger partial charge in [0.25, 0.3) is 0 Å². The Bertz CT molecular complexity index is 669. The monoisotopic (exact) mass is 457 g/mol. The highest BCUT2D eigenvalue weighted by molar-refractivity contribution is 14.0. The second-order valence-electron chi connectivity index (χ2n) is 6.20. The lowest BCUT2D eigenvalue weighted by Gasteiger charge is -2.25. The van der Waals surface area contributed by atoms with Gasteiger partial charge in [0.1, 0.15) is 11.4 Å². The standard InChI is InChI=1S/C19H27N3O2.HI/c1-5-20-18(21-14-19(3,23)17-11-8-12-24-17)22(4)13-16-10-7-6-9-15(16)2;/h6-12,23H,5,13-14H2,1-4H3,(H,20,21);1H. The smallest absolute Gasteiger partial charge is 0.194 e. The zero-order valence-electron chi connectivity index (χ0n) is 15.3. The van der Waals surface area contributed by atoms with E-state index in [1.807, 2.05) is 26.1 Å². The molecule has 0 saturated heterocycles. The third kappa shape index (κ3) is 6.04. The third-order valence-corrected chi connectivity index (χ3v) is 3.95. The Morgan fingerprint density at radius 1 is 1.28 bits per heavy atom. The number of halogens is 1. The molecule has 0 amide bonds. The molecule has 1 atom stereocenters. The van der Waals surface area contributed by atoms with E-state index in [9.17, 15) is 5.11 Å². The van der Waals surface area contributed by atoms with Gasteiger partial charge in [-0.25, -0.2) is 4.99 Å². The first-order valence-electron chi connectivity index (χ1n) is 8.24. The molecular weight excluding hydrogens is 429 g/mol. The first kappa shape index (κ1) is 21.5. The van der Waals surface area contributed by atoms with Crippen LogP contribution in [-0.2, 0) is 12.1 Å². The molecule has 1 aromatic heterocycles. The number of nitrogens with zero attached hydrogens (tertiary/aromatic N) is 2. The number of aliphatic imine (C=N–C) groups is 1. The lowest BCUT2D eigenvalue weighted by molar-refractivity contribution is 0.0435. The fraction of sp³-hybridized carbons (Fsp3) is 0.421. The second kappa shape index (κ2) is 9.82. The van der Waals surface area contributed by atoms with E-state index < -0.39 is 5.60 Å². The highest BCUT2D eigenvalue weighted by atomic mass is 127. The number of hydrogen-bond acceptors (Lipinski definition) is 3. The van der Waals surface area contributed by atoms with Gasteiger partial charge >= 0.3 is 0 Å². The van der Waals surface area contributed by atoms with Crippen molar-refractivity contribution in [2.45, 2.75) is 32.9 Å². The SMILES string of the molecule is CCNC(=NCC(C)(O)c1ccco1)N(C)Cc1ccccc1C.I. The van der Waals surface area contributed by atoms with Crippen molar-refractivity contribution in [2.75, 3.05) is 20.1 Å². The van der Waals surface area contributed by atoms with E-state index >= 15 is 0 Å². The van der Waals surface area contributed by atoms with Crippen LogP contribution >= 0.6 is 24.0 Å². The summed E-state index contributed by atoms with van der Waals surface area (Å²) in [4.78, 5) is 6.65. The Kier molecular flexibility index (Phi) is 8.44. The van der Waals surface area contributed by atoms with Gasteiger partial charge in [0, 0.05) is 20.1 Å². The highest BCUT2D eigenvalue weighted by Crippen LogP contribution is 2.21. The van der Waals surface area contributed by atoms with Crippen LogP contribution in [0.5, 0.6) is 0 Å². The Hall–Kier alpha value is -1.54. The van der Waals surface area contributed by atoms with Crippen molar-refractivity contribution in [3.05, 3.63) is 59.5 Å². The van der Waals surface area contributed by atoms with Gasteiger partial charge in [-0.1, -0.05) is 24.3 Å². The summed E-state index contributed by atoms with van der Waals surface area (Å²) in [5.41, 5.74) is 1.37. The highest BCUT2D eigenvalue weighted by Gasteiger charge is 2.26. The Balaban J connectivity index is 0.00000312. The topological polar surface area (TPSA) is 61.0 Å². The van der Waals surface area contributed by atoms with Gasteiger partial charge in [0.15, 0.2) is 5.96 Å². The quantitative estimate of drug-likeness (QED) is 0.396. The molecule has 6 heteroatoms. The minimum absolute atomic E-state index is 0. The molecule has 138 valence electrons. The zero-order valence-corrected chi connectivity index (χ0v) is 17.7. The Morgan fingerprint density at radius 3 is 2.60 bits per heavy atom. The van der Waals surface area contributed by atoms with Gasteiger partial charge in [-0.2, -0.15) is 0 Å². The van der Waals surface area contributed by atoms with Gasteiger partial charge < -0.3 is 19.7 Å². The fourth-order valence-electron chi connectivity index (χ4n) is 2.48. The average Bonchev–Trinajstić information content (AvgIpc) is 3.09. The summed E-state index contributed by atoms with van der Waals surface area (Å²) in [6.07, 6.45) is 1.56. The number of hydrogen-bond donors (Lipinski definition) is 2. The van der Waals surface area contributed by atoms with Crippen LogP contribution < -0.4 is 5.32 Å². The predicted molar refractivity (Wildman–Crippen MR) is 112 cm³/mol. The molecule has 0 radical (unpaired) electrons. The summed E-state index contributed by atoms with van der Waals surface area (Å²) in [5, 5.41) is 13.8. The third-order valence-electron chi connectivity index (χ3n) is 3.95. The summed E-state index contributed by atoms with van der Waals surface area (Å²) in [6.45, 7) is 7.58. The normalized spacial score (nSPS) is 13.7. The van der Waals surface area contributed by atoms with Crippen molar-refractivity contribution >= 4 is 29.9 Å². The van der Waals surface area contributed by atoms with Gasteiger partial charge in [0.05, 0.1) is 12.8 Å². The van der Waals surface area contributed by atoms with Crippen molar-refractivity contribution in [1.29, 1.82) is 0 Å². The maximum Gasteiger partial charge on any atom is 0.194 e. The number of rotatable bonds is 6. The lowest BCUT2D eigenvalue weighted by atomic mass is 10.0. The molecule has 0 aliphatic carbocycles. The largest absolute Gasteiger partial charge is 0.466 e. The maximum atomic E-state index is 10.6. The van der Waals surface area contributed by atoms with E-state index in [2.05, 4.69) is 34.3 Å². The van der Waals surface area contributed by atoms with Crippen LogP contribution in [0.1, 0.15) is 30.7 Å². The van der Waals surface area contributed by atoms with E-state index in [4.69, 9.17) is 4.42 Å². The van der Waals surface area contributed by atoms with Crippen LogP contribution in [0.3, 0.4) is 0 Å². The van der Waals surface area contributed by atoms with Crippen molar-refractivity contribution in [2.24, 2.45) is 4.99 Å². The van der Waals surface area contributed by atoms with E-state index in [1.165, 1.54) is 11.1 Å². The molecule has 0 saturated carbocycles. The molecule has 0 aliphatic rings. The summed E-state index contributed by atoms with van der Waals surface area (Å²) < 4.78 is 5.31. The molecule has 0 spiro atoms.